The largest absolute Gasteiger partial charge is 0.349 e. The number of aryl methyl sites for hydroxylation is 2. The molecule has 1 N–H and O–H groups in total. The van der Waals surface area contributed by atoms with Crippen LogP contribution in [0.15, 0.2) is 0 Å². The van der Waals surface area contributed by atoms with Crippen molar-refractivity contribution in [3.63, 3.8) is 0 Å². The number of anilines is 1. The van der Waals surface area contributed by atoms with Crippen molar-refractivity contribution in [1.29, 1.82) is 0 Å². The van der Waals surface area contributed by atoms with Crippen molar-refractivity contribution >= 4 is 28.3 Å². The van der Waals surface area contributed by atoms with E-state index >= 15 is 0 Å². The topological polar surface area (TPSA) is 62.3 Å². The van der Waals surface area contributed by atoms with Gasteiger partial charge in [-0.3, -0.25) is 14.5 Å². The third-order valence-corrected chi connectivity index (χ3v) is 4.56. The normalized spacial score (nSPS) is 23.3. The molecule has 1 unspecified atom stereocenters. The SMILES string of the molecule is CCc1nc(NC2CC(=O)N(C3CC3)C2=O)sc1C. The molecule has 2 aliphatic rings. The van der Waals surface area contributed by atoms with Crippen molar-refractivity contribution in [2.75, 3.05) is 5.32 Å². The molecule has 1 aromatic heterocycles. The van der Waals surface area contributed by atoms with Crippen LogP contribution in [-0.2, 0) is 16.0 Å². The summed E-state index contributed by atoms with van der Waals surface area (Å²) >= 11 is 1.55. The number of aromatic nitrogens is 1. The number of amides is 2. The fraction of sp³-hybridized carbons (Fsp3) is 0.615. The van der Waals surface area contributed by atoms with E-state index in [-0.39, 0.29) is 24.3 Å². The zero-order chi connectivity index (χ0) is 13.6. The lowest BCUT2D eigenvalue weighted by molar-refractivity contribution is -0.139. The molecule has 1 saturated heterocycles. The number of hydrogen-bond acceptors (Lipinski definition) is 5. The summed E-state index contributed by atoms with van der Waals surface area (Å²) in [5.41, 5.74) is 1.06. The molecule has 1 atom stereocenters. The molecule has 1 aromatic rings. The minimum atomic E-state index is -0.427. The summed E-state index contributed by atoms with van der Waals surface area (Å²) in [7, 11) is 0. The van der Waals surface area contributed by atoms with Gasteiger partial charge >= 0.3 is 0 Å². The van der Waals surface area contributed by atoms with Gasteiger partial charge in [-0.15, -0.1) is 11.3 Å². The maximum Gasteiger partial charge on any atom is 0.252 e. The molecule has 0 aromatic carbocycles. The van der Waals surface area contributed by atoms with Crippen molar-refractivity contribution in [3.05, 3.63) is 10.6 Å². The van der Waals surface area contributed by atoms with Gasteiger partial charge in [0.2, 0.25) is 5.91 Å². The first kappa shape index (κ1) is 12.6. The predicted octanol–water partition coefficient (Wildman–Crippen LogP) is 1.72. The Kier molecular flexibility index (Phi) is 3.05. The van der Waals surface area contributed by atoms with Crippen molar-refractivity contribution < 1.29 is 9.59 Å². The summed E-state index contributed by atoms with van der Waals surface area (Å²) in [6.07, 6.45) is 3.06. The number of nitrogens with zero attached hydrogens (tertiary/aromatic N) is 2. The molecule has 1 aliphatic carbocycles. The fourth-order valence-electron chi connectivity index (χ4n) is 2.45. The Morgan fingerprint density at radius 1 is 1.42 bits per heavy atom. The predicted molar refractivity (Wildman–Crippen MR) is 73.1 cm³/mol. The molecule has 2 heterocycles. The molecule has 6 heteroatoms. The van der Waals surface area contributed by atoms with Crippen molar-refractivity contribution in [2.45, 2.75) is 51.6 Å². The monoisotopic (exact) mass is 279 g/mol. The van der Waals surface area contributed by atoms with Crippen LogP contribution in [0, 0.1) is 6.92 Å². The minimum absolute atomic E-state index is 0.0472. The van der Waals surface area contributed by atoms with Crippen LogP contribution in [0.2, 0.25) is 0 Å². The number of hydrogen-bond donors (Lipinski definition) is 1. The number of imide groups is 1. The molecule has 0 radical (unpaired) electrons. The second kappa shape index (κ2) is 4.59. The highest BCUT2D eigenvalue weighted by Gasteiger charge is 2.46. The molecule has 3 rings (SSSR count). The van der Waals surface area contributed by atoms with E-state index in [9.17, 15) is 9.59 Å². The number of nitrogens with one attached hydrogen (secondary N) is 1. The summed E-state index contributed by atoms with van der Waals surface area (Å²) in [5.74, 6) is -0.132. The van der Waals surface area contributed by atoms with Crippen LogP contribution in [0.25, 0.3) is 0 Å². The molecule has 102 valence electrons. The van der Waals surface area contributed by atoms with Crippen LogP contribution in [0.1, 0.15) is 36.8 Å². The molecule has 5 nitrogen and oxygen atoms in total. The van der Waals surface area contributed by atoms with E-state index in [0.717, 1.165) is 30.1 Å². The Morgan fingerprint density at radius 2 is 2.16 bits per heavy atom. The minimum Gasteiger partial charge on any atom is -0.349 e. The van der Waals surface area contributed by atoms with Crippen LogP contribution < -0.4 is 5.32 Å². The number of carbonyl (C=O) groups is 2. The first-order valence-corrected chi connectivity index (χ1v) is 7.50. The van der Waals surface area contributed by atoms with Gasteiger partial charge < -0.3 is 5.32 Å². The van der Waals surface area contributed by atoms with E-state index in [1.807, 2.05) is 6.92 Å². The van der Waals surface area contributed by atoms with E-state index < -0.39 is 6.04 Å². The summed E-state index contributed by atoms with van der Waals surface area (Å²) in [6, 6.07) is -0.264. The molecule has 1 aliphatic heterocycles. The third kappa shape index (κ3) is 2.25. The highest BCUT2D eigenvalue weighted by atomic mass is 32.1. The third-order valence-electron chi connectivity index (χ3n) is 3.62. The van der Waals surface area contributed by atoms with Gasteiger partial charge in [-0.1, -0.05) is 6.92 Å². The lowest BCUT2D eigenvalue weighted by Gasteiger charge is -2.13. The Hall–Kier alpha value is -1.43. The van der Waals surface area contributed by atoms with Gasteiger partial charge in [0.15, 0.2) is 5.13 Å². The van der Waals surface area contributed by atoms with Crippen LogP contribution in [0.3, 0.4) is 0 Å². The molecular weight excluding hydrogens is 262 g/mol. The molecular formula is C13H17N3O2S. The molecule has 2 fully saturated rings. The van der Waals surface area contributed by atoms with Gasteiger partial charge in [0.1, 0.15) is 6.04 Å². The van der Waals surface area contributed by atoms with E-state index in [1.165, 1.54) is 9.78 Å². The zero-order valence-electron chi connectivity index (χ0n) is 11.1. The molecule has 19 heavy (non-hydrogen) atoms. The van der Waals surface area contributed by atoms with E-state index in [2.05, 4.69) is 17.2 Å². The maximum atomic E-state index is 12.2. The maximum absolute atomic E-state index is 12.2. The highest BCUT2D eigenvalue weighted by molar-refractivity contribution is 7.15. The second-order valence-electron chi connectivity index (χ2n) is 5.11. The zero-order valence-corrected chi connectivity index (χ0v) is 11.9. The number of likely N-dealkylation sites (tertiary alicyclic amines) is 1. The smallest absolute Gasteiger partial charge is 0.252 e. The summed E-state index contributed by atoms with van der Waals surface area (Å²) in [6.45, 7) is 4.09. The average Bonchev–Trinajstić information content (AvgIpc) is 3.07. The number of rotatable bonds is 4. The average molecular weight is 279 g/mol. The van der Waals surface area contributed by atoms with E-state index in [0.29, 0.717) is 0 Å². The Morgan fingerprint density at radius 3 is 2.74 bits per heavy atom. The van der Waals surface area contributed by atoms with Crippen LogP contribution in [-0.4, -0.2) is 33.8 Å². The Bertz CT molecular complexity index is 536. The molecule has 1 saturated carbocycles. The van der Waals surface area contributed by atoms with Crippen LogP contribution >= 0.6 is 11.3 Å². The van der Waals surface area contributed by atoms with Crippen LogP contribution in [0.4, 0.5) is 5.13 Å². The molecule has 2 amide bonds. The first-order chi connectivity index (χ1) is 9.10. The van der Waals surface area contributed by atoms with Gasteiger partial charge in [-0.05, 0) is 26.2 Å². The molecule has 0 bridgehead atoms. The highest BCUT2D eigenvalue weighted by Crippen LogP contribution is 2.33. The summed E-state index contributed by atoms with van der Waals surface area (Å²) in [4.78, 5) is 31.1. The first-order valence-electron chi connectivity index (χ1n) is 6.69. The lowest BCUT2D eigenvalue weighted by Crippen LogP contribution is -2.36. The van der Waals surface area contributed by atoms with Gasteiger partial charge in [0.25, 0.3) is 5.91 Å². The van der Waals surface area contributed by atoms with Gasteiger partial charge in [-0.2, -0.15) is 0 Å². The summed E-state index contributed by atoms with van der Waals surface area (Å²) < 4.78 is 0. The van der Waals surface area contributed by atoms with Gasteiger partial charge in [0.05, 0.1) is 12.1 Å². The number of carbonyl (C=O) groups excluding carboxylic acids is 2. The molecule has 0 spiro atoms. The fourth-order valence-corrected chi connectivity index (χ4v) is 3.40. The Balaban J connectivity index is 1.73. The van der Waals surface area contributed by atoms with E-state index in [1.54, 1.807) is 11.3 Å². The number of thiazole rings is 1. The van der Waals surface area contributed by atoms with Crippen LogP contribution in [0.5, 0.6) is 0 Å². The second-order valence-corrected chi connectivity index (χ2v) is 6.31. The summed E-state index contributed by atoms with van der Waals surface area (Å²) in [5, 5.41) is 3.87. The Labute approximate surface area is 116 Å². The van der Waals surface area contributed by atoms with E-state index in [4.69, 9.17) is 0 Å². The van der Waals surface area contributed by atoms with Crippen molar-refractivity contribution in [3.8, 4) is 0 Å². The van der Waals surface area contributed by atoms with Crippen molar-refractivity contribution in [1.82, 2.24) is 9.88 Å². The standard InChI is InChI=1S/C13H17N3O2S/c1-3-9-7(2)19-13(14-9)15-10-6-11(17)16(12(10)18)8-4-5-8/h8,10H,3-6H2,1-2H3,(H,14,15). The lowest BCUT2D eigenvalue weighted by atomic mass is 10.2. The van der Waals surface area contributed by atoms with Gasteiger partial charge in [0, 0.05) is 10.9 Å². The van der Waals surface area contributed by atoms with Gasteiger partial charge in [-0.25, -0.2) is 4.98 Å². The quantitative estimate of drug-likeness (QED) is 0.852. The van der Waals surface area contributed by atoms with Crippen molar-refractivity contribution in [2.24, 2.45) is 0 Å².